The van der Waals surface area contributed by atoms with Gasteiger partial charge in [-0.1, -0.05) is 6.08 Å². The molecule has 3 aromatic heterocycles. The predicted molar refractivity (Wildman–Crippen MR) is 91.2 cm³/mol. The average molecular weight is 322 g/mol. The molecule has 0 aromatic carbocycles. The highest BCUT2D eigenvalue weighted by atomic mass is 16.2. The highest BCUT2D eigenvalue weighted by Gasteiger charge is 2.13. The zero-order valence-corrected chi connectivity index (χ0v) is 13.5. The van der Waals surface area contributed by atoms with Gasteiger partial charge in [-0.05, 0) is 38.5 Å². The van der Waals surface area contributed by atoms with Crippen molar-refractivity contribution >= 4 is 23.1 Å². The van der Waals surface area contributed by atoms with Gasteiger partial charge in [0.05, 0.1) is 23.1 Å². The molecule has 0 radical (unpaired) electrons. The maximum Gasteiger partial charge on any atom is 0.287 e. The van der Waals surface area contributed by atoms with Gasteiger partial charge in [-0.25, -0.2) is 9.97 Å². The number of aromatic amines is 1. The van der Waals surface area contributed by atoms with Crippen LogP contribution in [-0.4, -0.2) is 36.9 Å². The molecular weight excluding hydrogens is 304 g/mol. The normalized spacial score (nSPS) is 12.6. The Kier molecular flexibility index (Phi) is 4.60. The first kappa shape index (κ1) is 15.8. The second kappa shape index (κ2) is 6.99. The summed E-state index contributed by atoms with van der Waals surface area (Å²) in [6.45, 7) is 3.83. The highest BCUT2D eigenvalue weighted by Crippen LogP contribution is 2.08. The molecule has 1 amide bonds. The van der Waals surface area contributed by atoms with Gasteiger partial charge in [0.1, 0.15) is 0 Å². The number of aryl methyl sites for hydroxylation is 1. The molecule has 0 spiro atoms. The standard InChI is InChI=1S/C17H18N6O/c1-11(5-3-6-13-10-18-9-12(2)20-13)21-17(24)16-22-14-7-4-8-19-15(14)23-16/h3-4,6-11H,5H2,1-2H3,(H,21,24)(H,19,22,23)/b6-3+/t11-/m0/s1. The number of imidazole rings is 1. The summed E-state index contributed by atoms with van der Waals surface area (Å²) in [5.74, 6) is 0.0216. The number of aromatic nitrogens is 5. The molecule has 24 heavy (non-hydrogen) atoms. The zero-order chi connectivity index (χ0) is 16.9. The monoisotopic (exact) mass is 322 g/mol. The van der Waals surface area contributed by atoms with Crippen molar-refractivity contribution in [2.24, 2.45) is 0 Å². The van der Waals surface area contributed by atoms with Crippen LogP contribution in [0.25, 0.3) is 17.2 Å². The van der Waals surface area contributed by atoms with Crippen molar-refractivity contribution in [3.8, 4) is 0 Å². The Morgan fingerprint density at radius 2 is 2.25 bits per heavy atom. The van der Waals surface area contributed by atoms with Crippen molar-refractivity contribution in [2.45, 2.75) is 26.3 Å². The number of nitrogens with one attached hydrogen (secondary N) is 2. The van der Waals surface area contributed by atoms with Crippen molar-refractivity contribution in [2.75, 3.05) is 0 Å². The van der Waals surface area contributed by atoms with Gasteiger partial charge in [-0.15, -0.1) is 0 Å². The summed E-state index contributed by atoms with van der Waals surface area (Å²) in [4.78, 5) is 31.9. The van der Waals surface area contributed by atoms with Gasteiger partial charge in [0.25, 0.3) is 5.91 Å². The molecule has 3 aromatic rings. The number of carbonyl (C=O) groups excluding carboxylic acids is 1. The smallest absolute Gasteiger partial charge is 0.287 e. The molecule has 0 bridgehead atoms. The van der Waals surface area contributed by atoms with Crippen molar-refractivity contribution in [1.29, 1.82) is 0 Å². The van der Waals surface area contributed by atoms with E-state index in [1.165, 1.54) is 0 Å². The fourth-order valence-electron chi connectivity index (χ4n) is 2.26. The molecule has 0 aliphatic rings. The first-order chi connectivity index (χ1) is 11.6. The number of rotatable bonds is 5. The van der Waals surface area contributed by atoms with Gasteiger partial charge < -0.3 is 10.3 Å². The third-order valence-corrected chi connectivity index (χ3v) is 3.40. The summed E-state index contributed by atoms with van der Waals surface area (Å²) in [5.41, 5.74) is 2.95. The van der Waals surface area contributed by atoms with Gasteiger partial charge in [0, 0.05) is 18.4 Å². The largest absolute Gasteiger partial charge is 0.347 e. The minimum Gasteiger partial charge on any atom is -0.347 e. The SMILES string of the molecule is Cc1cncc(/C=C/C[C@H](C)NC(=O)c2nc3ncccc3[nH]2)n1. The van der Waals surface area contributed by atoms with E-state index in [0.29, 0.717) is 12.1 Å². The topological polar surface area (TPSA) is 96.5 Å². The Morgan fingerprint density at radius 1 is 1.38 bits per heavy atom. The Hall–Kier alpha value is -3.09. The van der Waals surface area contributed by atoms with Crippen LogP contribution in [0.5, 0.6) is 0 Å². The second-order valence-electron chi connectivity index (χ2n) is 5.56. The van der Waals surface area contributed by atoms with Crippen molar-refractivity contribution < 1.29 is 4.79 Å². The molecular formula is C17H18N6O. The van der Waals surface area contributed by atoms with Gasteiger partial charge in [-0.2, -0.15) is 0 Å². The molecule has 0 saturated heterocycles. The molecule has 0 unspecified atom stereocenters. The number of fused-ring (bicyclic) bond motifs is 1. The van der Waals surface area contributed by atoms with Crippen molar-refractivity contribution in [3.05, 3.63) is 54.0 Å². The molecule has 3 rings (SSSR count). The predicted octanol–water partition coefficient (Wildman–Crippen LogP) is 2.28. The molecule has 122 valence electrons. The first-order valence-electron chi connectivity index (χ1n) is 7.68. The zero-order valence-electron chi connectivity index (χ0n) is 13.5. The van der Waals surface area contributed by atoms with E-state index < -0.39 is 0 Å². The minimum atomic E-state index is -0.246. The van der Waals surface area contributed by atoms with Gasteiger partial charge in [0.2, 0.25) is 0 Å². The number of amides is 1. The maximum absolute atomic E-state index is 12.2. The Balaban J connectivity index is 1.58. The Labute approximate surface area is 139 Å². The van der Waals surface area contributed by atoms with Crippen molar-refractivity contribution in [3.63, 3.8) is 0 Å². The number of nitrogens with zero attached hydrogens (tertiary/aromatic N) is 4. The third kappa shape index (κ3) is 3.81. The number of hydrogen-bond acceptors (Lipinski definition) is 5. The van der Waals surface area contributed by atoms with E-state index in [9.17, 15) is 4.79 Å². The fourth-order valence-corrected chi connectivity index (χ4v) is 2.26. The van der Waals surface area contributed by atoms with E-state index in [-0.39, 0.29) is 17.8 Å². The summed E-state index contributed by atoms with van der Waals surface area (Å²) in [6.07, 6.45) is 9.60. The van der Waals surface area contributed by atoms with E-state index in [1.807, 2.05) is 32.1 Å². The molecule has 1 atom stereocenters. The van der Waals surface area contributed by atoms with E-state index in [0.717, 1.165) is 16.9 Å². The van der Waals surface area contributed by atoms with Gasteiger partial charge in [-0.3, -0.25) is 14.8 Å². The first-order valence-corrected chi connectivity index (χ1v) is 7.68. The van der Waals surface area contributed by atoms with Gasteiger partial charge in [0.15, 0.2) is 11.5 Å². The summed E-state index contributed by atoms with van der Waals surface area (Å²) in [6, 6.07) is 3.60. The Morgan fingerprint density at radius 3 is 3.04 bits per heavy atom. The maximum atomic E-state index is 12.2. The van der Waals surface area contributed by atoms with Crippen LogP contribution >= 0.6 is 0 Å². The lowest BCUT2D eigenvalue weighted by atomic mass is 10.2. The number of H-pyrrole nitrogens is 1. The number of hydrogen-bond donors (Lipinski definition) is 2. The summed E-state index contributed by atoms with van der Waals surface area (Å²) >= 11 is 0. The molecule has 0 fully saturated rings. The average Bonchev–Trinajstić information content (AvgIpc) is 2.99. The molecule has 3 heterocycles. The molecule has 0 saturated carbocycles. The van der Waals surface area contributed by atoms with Crippen molar-refractivity contribution in [1.82, 2.24) is 30.2 Å². The van der Waals surface area contributed by atoms with Crippen LogP contribution in [-0.2, 0) is 0 Å². The molecule has 0 aliphatic carbocycles. The van der Waals surface area contributed by atoms with Crippen LogP contribution in [0.15, 0.2) is 36.8 Å². The summed E-state index contributed by atoms with van der Waals surface area (Å²) < 4.78 is 0. The molecule has 0 aliphatic heterocycles. The quantitative estimate of drug-likeness (QED) is 0.751. The van der Waals surface area contributed by atoms with Crippen LogP contribution in [0.1, 0.15) is 35.4 Å². The van der Waals surface area contributed by atoms with Gasteiger partial charge >= 0.3 is 0 Å². The molecule has 7 heteroatoms. The molecule has 2 N–H and O–H groups in total. The number of pyridine rings is 1. The van der Waals surface area contributed by atoms with E-state index in [1.54, 1.807) is 24.7 Å². The minimum absolute atomic E-state index is 0.0345. The van der Waals surface area contributed by atoms with E-state index in [2.05, 4.69) is 30.2 Å². The van der Waals surface area contributed by atoms with Crippen LogP contribution in [0.4, 0.5) is 0 Å². The highest BCUT2D eigenvalue weighted by molar-refractivity contribution is 5.93. The van der Waals surface area contributed by atoms with E-state index >= 15 is 0 Å². The van der Waals surface area contributed by atoms with Crippen LogP contribution in [0.3, 0.4) is 0 Å². The van der Waals surface area contributed by atoms with Crippen LogP contribution in [0.2, 0.25) is 0 Å². The fraction of sp³-hybridized carbons (Fsp3) is 0.235. The molecule has 7 nitrogen and oxygen atoms in total. The lowest BCUT2D eigenvalue weighted by Gasteiger charge is -2.10. The lowest BCUT2D eigenvalue weighted by molar-refractivity contribution is 0.0931. The lowest BCUT2D eigenvalue weighted by Crippen LogP contribution is -2.32. The summed E-state index contributed by atoms with van der Waals surface area (Å²) in [7, 11) is 0. The van der Waals surface area contributed by atoms with Crippen LogP contribution < -0.4 is 5.32 Å². The van der Waals surface area contributed by atoms with E-state index in [4.69, 9.17) is 0 Å². The van der Waals surface area contributed by atoms with Crippen LogP contribution in [0, 0.1) is 6.92 Å². The summed E-state index contributed by atoms with van der Waals surface area (Å²) in [5, 5.41) is 2.91. The second-order valence-corrected chi connectivity index (χ2v) is 5.56. The Bertz CT molecular complexity index is 852. The number of carbonyl (C=O) groups is 1. The third-order valence-electron chi connectivity index (χ3n) is 3.40.